The molecule has 194 valence electrons. The lowest BCUT2D eigenvalue weighted by molar-refractivity contribution is -0.141. The molecule has 9 N–H and O–H groups in total. The minimum Gasteiger partial charge on any atom is -0.508 e. The molecule has 4 amide bonds. The Labute approximate surface area is 208 Å². The monoisotopic (exact) mass is 511 g/mol. The van der Waals surface area contributed by atoms with E-state index in [1.54, 1.807) is 26.0 Å². The number of aromatic hydroxyl groups is 1. The summed E-state index contributed by atoms with van der Waals surface area (Å²) >= 11 is 3.93. The van der Waals surface area contributed by atoms with E-state index in [0.717, 1.165) is 0 Å². The zero-order valence-corrected chi connectivity index (χ0v) is 20.5. The van der Waals surface area contributed by atoms with Crippen molar-refractivity contribution in [3.05, 3.63) is 29.8 Å². The number of carbonyl (C=O) groups excluding carboxylic acids is 4. The van der Waals surface area contributed by atoms with Gasteiger partial charge in [-0.15, -0.1) is 0 Å². The molecule has 0 spiro atoms. The van der Waals surface area contributed by atoms with Gasteiger partial charge in [0.15, 0.2) is 0 Å². The summed E-state index contributed by atoms with van der Waals surface area (Å²) in [7, 11) is 0. The van der Waals surface area contributed by atoms with Crippen molar-refractivity contribution in [2.24, 2.45) is 17.4 Å². The Bertz CT molecular complexity index is 912. The van der Waals surface area contributed by atoms with Gasteiger partial charge in [0, 0.05) is 12.2 Å². The first kappa shape index (κ1) is 29.7. The van der Waals surface area contributed by atoms with Gasteiger partial charge in [-0.3, -0.25) is 19.2 Å². The van der Waals surface area contributed by atoms with Gasteiger partial charge in [0.25, 0.3) is 0 Å². The number of amides is 4. The molecular weight excluding hydrogens is 478 g/mol. The summed E-state index contributed by atoms with van der Waals surface area (Å²) in [6, 6.07) is 1.05. The predicted octanol–water partition coefficient (Wildman–Crippen LogP) is -1.35. The third kappa shape index (κ3) is 9.83. The highest BCUT2D eigenvalue weighted by atomic mass is 32.1. The van der Waals surface area contributed by atoms with Gasteiger partial charge in [0.05, 0.1) is 12.5 Å². The molecule has 12 nitrogen and oxygen atoms in total. The van der Waals surface area contributed by atoms with Crippen LogP contribution in [0, 0.1) is 5.92 Å². The van der Waals surface area contributed by atoms with Gasteiger partial charge < -0.3 is 37.6 Å². The van der Waals surface area contributed by atoms with E-state index in [2.05, 4.69) is 28.6 Å². The van der Waals surface area contributed by atoms with Crippen molar-refractivity contribution in [1.29, 1.82) is 0 Å². The van der Waals surface area contributed by atoms with Gasteiger partial charge >= 0.3 is 5.97 Å². The third-order valence-electron chi connectivity index (χ3n) is 5.36. The average Bonchev–Trinajstić information content (AvgIpc) is 2.80. The molecule has 0 radical (unpaired) electrons. The number of nitrogens with one attached hydrogen (secondary N) is 3. The fourth-order valence-electron chi connectivity index (χ4n) is 3.07. The van der Waals surface area contributed by atoms with E-state index in [-0.39, 0.29) is 23.8 Å². The van der Waals surface area contributed by atoms with Gasteiger partial charge in [0.2, 0.25) is 23.6 Å². The average molecular weight is 512 g/mol. The lowest BCUT2D eigenvalue weighted by atomic mass is 9.96. The molecule has 0 bridgehead atoms. The highest BCUT2D eigenvalue weighted by Gasteiger charge is 2.32. The number of aliphatic carboxylic acids is 1. The Morgan fingerprint density at radius 2 is 1.54 bits per heavy atom. The van der Waals surface area contributed by atoms with E-state index in [0.29, 0.717) is 12.0 Å². The number of carbonyl (C=O) groups is 5. The molecular formula is C22H33N5O7S. The van der Waals surface area contributed by atoms with Crippen LogP contribution < -0.4 is 27.4 Å². The zero-order chi connectivity index (χ0) is 26.7. The van der Waals surface area contributed by atoms with Gasteiger partial charge in [0.1, 0.15) is 23.9 Å². The lowest BCUT2D eigenvalue weighted by Gasteiger charge is -2.28. The largest absolute Gasteiger partial charge is 0.508 e. The SMILES string of the molecule is CCC(C)C(NC(=O)C(N)CC(N)=O)C(=O)NC(Cc1ccc(O)cc1)C(=O)NC(CS)C(=O)O. The fraction of sp³-hybridized carbons (Fsp3) is 0.500. The summed E-state index contributed by atoms with van der Waals surface area (Å²) in [5.74, 6) is -4.85. The Balaban J connectivity index is 3.14. The van der Waals surface area contributed by atoms with Crippen molar-refractivity contribution in [3.63, 3.8) is 0 Å². The minimum absolute atomic E-state index is 0.00616. The van der Waals surface area contributed by atoms with Crippen LogP contribution in [-0.4, -0.2) is 69.7 Å². The number of thiol groups is 1. The van der Waals surface area contributed by atoms with Crippen molar-refractivity contribution in [3.8, 4) is 5.75 Å². The van der Waals surface area contributed by atoms with Gasteiger partial charge in [-0.25, -0.2) is 4.79 Å². The molecule has 0 fully saturated rings. The number of nitrogens with two attached hydrogens (primary N) is 2. The maximum atomic E-state index is 13.2. The number of hydrogen-bond donors (Lipinski definition) is 8. The molecule has 35 heavy (non-hydrogen) atoms. The molecule has 0 aliphatic carbocycles. The molecule has 13 heteroatoms. The number of carboxylic acids is 1. The van der Waals surface area contributed by atoms with E-state index < -0.39 is 60.2 Å². The Morgan fingerprint density at radius 3 is 2.03 bits per heavy atom. The summed E-state index contributed by atoms with van der Waals surface area (Å²) in [5.41, 5.74) is 11.3. The van der Waals surface area contributed by atoms with Crippen LogP contribution in [0.2, 0.25) is 0 Å². The molecule has 0 saturated carbocycles. The molecule has 5 atom stereocenters. The van der Waals surface area contributed by atoms with E-state index in [1.807, 2.05) is 0 Å². The van der Waals surface area contributed by atoms with Crippen LogP contribution >= 0.6 is 12.6 Å². The van der Waals surface area contributed by atoms with E-state index >= 15 is 0 Å². The predicted molar refractivity (Wildman–Crippen MR) is 130 cm³/mol. The molecule has 0 heterocycles. The fourth-order valence-corrected chi connectivity index (χ4v) is 3.32. The van der Waals surface area contributed by atoms with Crippen LogP contribution in [0.4, 0.5) is 0 Å². The van der Waals surface area contributed by atoms with Crippen LogP contribution in [0.15, 0.2) is 24.3 Å². The first-order valence-corrected chi connectivity index (χ1v) is 11.6. The number of rotatable bonds is 14. The van der Waals surface area contributed by atoms with Crippen LogP contribution in [0.1, 0.15) is 32.3 Å². The van der Waals surface area contributed by atoms with Crippen LogP contribution in [0.25, 0.3) is 0 Å². The summed E-state index contributed by atoms with van der Waals surface area (Å²) in [4.78, 5) is 60.9. The minimum atomic E-state index is -1.30. The second kappa shape index (κ2) is 14.2. The quantitative estimate of drug-likeness (QED) is 0.139. The summed E-state index contributed by atoms with van der Waals surface area (Å²) in [5, 5.41) is 26.1. The van der Waals surface area contributed by atoms with Crippen LogP contribution in [0.5, 0.6) is 5.75 Å². The first-order valence-electron chi connectivity index (χ1n) is 11.0. The number of phenolic OH excluding ortho intramolecular Hbond substituents is 1. The number of hydrogen-bond acceptors (Lipinski definition) is 8. The Morgan fingerprint density at radius 1 is 0.971 bits per heavy atom. The summed E-state index contributed by atoms with van der Waals surface area (Å²) < 4.78 is 0. The summed E-state index contributed by atoms with van der Waals surface area (Å²) in [6.45, 7) is 3.51. The molecule has 5 unspecified atom stereocenters. The molecule has 0 aliphatic rings. The number of carboxylic acid groups (broad SMARTS) is 1. The third-order valence-corrected chi connectivity index (χ3v) is 5.72. The van der Waals surface area contributed by atoms with Crippen LogP contribution in [-0.2, 0) is 30.4 Å². The molecule has 0 saturated heterocycles. The van der Waals surface area contributed by atoms with Gasteiger partial charge in [-0.2, -0.15) is 12.6 Å². The first-order chi connectivity index (χ1) is 16.4. The van der Waals surface area contributed by atoms with Crippen molar-refractivity contribution >= 4 is 42.2 Å². The smallest absolute Gasteiger partial charge is 0.327 e. The highest BCUT2D eigenvalue weighted by Crippen LogP contribution is 2.13. The lowest BCUT2D eigenvalue weighted by Crippen LogP contribution is -2.59. The van der Waals surface area contributed by atoms with Crippen LogP contribution in [0.3, 0.4) is 0 Å². The molecule has 0 aliphatic heterocycles. The van der Waals surface area contributed by atoms with Crippen molar-refractivity contribution in [1.82, 2.24) is 16.0 Å². The zero-order valence-electron chi connectivity index (χ0n) is 19.6. The van der Waals surface area contributed by atoms with Crippen molar-refractivity contribution in [2.75, 3.05) is 5.75 Å². The topological polar surface area (TPSA) is 214 Å². The number of primary amides is 1. The van der Waals surface area contributed by atoms with Crippen molar-refractivity contribution < 1.29 is 34.2 Å². The second-order valence-electron chi connectivity index (χ2n) is 8.16. The number of phenols is 1. The van der Waals surface area contributed by atoms with Gasteiger partial charge in [-0.05, 0) is 23.6 Å². The number of benzene rings is 1. The normalized spacial score (nSPS) is 15.1. The maximum absolute atomic E-state index is 13.2. The standard InChI is InChI=1S/C22H33N5O7S/c1-3-11(2)18(27-19(30)14(23)9-17(24)29)21(32)25-15(8-12-4-6-13(28)7-5-12)20(31)26-16(10-35)22(33)34/h4-7,11,14-16,18,28,35H,3,8-10,23H2,1-2H3,(H2,24,29)(H,25,32)(H,26,31)(H,27,30)(H,33,34). The van der Waals surface area contributed by atoms with Crippen molar-refractivity contribution in [2.45, 2.75) is 57.3 Å². The van der Waals surface area contributed by atoms with E-state index in [9.17, 15) is 34.2 Å². The highest BCUT2D eigenvalue weighted by molar-refractivity contribution is 7.80. The van der Waals surface area contributed by atoms with E-state index in [4.69, 9.17) is 11.5 Å². The molecule has 1 aromatic rings. The molecule has 1 aromatic carbocycles. The molecule has 0 aromatic heterocycles. The van der Waals surface area contributed by atoms with Gasteiger partial charge in [-0.1, -0.05) is 32.4 Å². The Kier molecular flexibility index (Phi) is 12.0. The summed E-state index contributed by atoms with van der Waals surface area (Å²) in [6.07, 6.45) is 0.0466. The molecule has 1 rings (SSSR count). The van der Waals surface area contributed by atoms with E-state index in [1.165, 1.54) is 12.1 Å². The second-order valence-corrected chi connectivity index (χ2v) is 8.53. The maximum Gasteiger partial charge on any atom is 0.327 e. The Hall–Kier alpha value is -3.32.